The summed E-state index contributed by atoms with van der Waals surface area (Å²) in [6.07, 6.45) is 0.212. The average Bonchev–Trinajstić information content (AvgIpc) is 2.66. The number of anilines is 1. The Labute approximate surface area is 163 Å². The van der Waals surface area contributed by atoms with Crippen molar-refractivity contribution in [1.82, 2.24) is 4.98 Å². The van der Waals surface area contributed by atoms with Crippen molar-refractivity contribution in [3.8, 4) is 11.5 Å². The summed E-state index contributed by atoms with van der Waals surface area (Å²) in [6.45, 7) is 3.94. The molecule has 3 rings (SSSR count). The lowest BCUT2D eigenvalue weighted by Gasteiger charge is -2.15. The summed E-state index contributed by atoms with van der Waals surface area (Å²) in [7, 11) is 3.04. The van der Waals surface area contributed by atoms with Gasteiger partial charge in [0.25, 0.3) is 0 Å². The Morgan fingerprint density at radius 3 is 2.52 bits per heavy atom. The van der Waals surface area contributed by atoms with Crippen LogP contribution in [0.3, 0.4) is 0 Å². The Morgan fingerprint density at radius 1 is 1.11 bits per heavy atom. The molecule has 0 saturated carbocycles. The second kappa shape index (κ2) is 7.84. The molecule has 1 heterocycles. The Balaban J connectivity index is 1.90. The number of para-hydroxylation sites is 1. The first-order valence-electron chi connectivity index (χ1n) is 8.50. The van der Waals surface area contributed by atoms with E-state index in [2.05, 4.69) is 10.3 Å². The van der Waals surface area contributed by atoms with Crippen LogP contribution in [0.4, 0.5) is 5.69 Å². The number of amides is 1. The van der Waals surface area contributed by atoms with E-state index in [0.29, 0.717) is 22.2 Å². The van der Waals surface area contributed by atoms with Crippen LogP contribution < -0.4 is 14.8 Å². The Hall–Kier alpha value is -2.79. The number of hydrogen-bond donors (Lipinski definition) is 1. The van der Waals surface area contributed by atoms with E-state index < -0.39 is 0 Å². The van der Waals surface area contributed by atoms with Crippen molar-refractivity contribution in [2.75, 3.05) is 19.5 Å². The molecule has 0 radical (unpaired) electrons. The number of carbonyl (C=O) groups is 1. The van der Waals surface area contributed by atoms with Gasteiger partial charge in [-0.2, -0.15) is 0 Å². The summed E-state index contributed by atoms with van der Waals surface area (Å²) in [5.74, 6) is 0.771. The predicted octanol–water partition coefficient (Wildman–Crippen LogP) is 4.70. The maximum absolute atomic E-state index is 12.7. The first kappa shape index (κ1) is 19.0. The molecule has 0 atom stereocenters. The minimum atomic E-state index is -0.166. The smallest absolute Gasteiger partial charge is 0.228 e. The molecule has 0 aliphatic carbocycles. The lowest BCUT2D eigenvalue weighted by molar-refractivity contribution is -0.115. The van der Waals surface area contributed by atoms with Crippen molar-refractivity contribution >= 4 is 34.1 Å². The first-order chi connectivity index (χ1) is 12.9. The van der Waals surface area contributed by atoms with E-state index in [9.17, 15) is 4.79 Å². The van der Waals surface area contributed by atoms with Gasteiger partial charge in [0.15, 0.2) is 0 Å². The average molecular weight is 385 g/mol. The molecule has 0 aliphatic heterocycles. The number of nitrogens with zero attached hydrogens (tertiary/aromatic N) is 1. The zero-order chi connectivity index (χ0) is 19.6. The standard InChI is InChI=1S/C21H21ClN2O3/c1-12-14-7-5-6-8-17(14)23-13(2)15(12)9-21(25)24-18-11-19(26-3)16(22)10-20(18)27-4/h5-8,10-11H,9H2,1-4H3,(H,24,25). The van der Waals surface area contributed by atoms with E-state index in [1.807, 2.05) is 38.1 Å². The molecule has 0 bridgehead atoms. The van der Waals surface area contributed by atoms with Crippen LogP contribution in [0.5, 0.6) is 11.5 Å². The number of fused-ring (bicyclic) bond motifs is 1. The molecule has 0 fully saturated rings. The number of pyridine rings is 1. The maximum Gasteiger partial charge on any atom is 0.228 e. The largest absolute Gasteiger partial charge is 0.495 e. The van der Waals surface area contributed by atoms with Crippen molar-refractivity contribution in [3.05, 3.63) is 58.2 Å². The molecule has 0 aliphatic rings. The summed E-state index contributed by atoms with van der Waals surface area (Å²) in [6, 6.07) is 11.2. The van der Waals surface area contributed by atoms with Crippen LogP contribution in [0, 0.1) is 13.8 Å². The molecule has 27 heavy (non-hydrogen) atoms. The van der Waals surface area contributed by atoms with E-state index >= 15 is 0 Å². The highest BCUT2D eigenvalue weighted by Gasteiger charge is 2.16. The lowest BCUT2D eigenvalue weighted by atomic mass is 9.99. The van der Waals surface area contributed by atoms with Crippen LogP contribution in [-0.4, -0.2) is 25.1 Å². The summed E-state index contributed by atoms with van der Waals surface area (Å²) in [4.78, 5) is 17.3. The Kier molecular flexibility index (Phi) is 5.51. The van der Waals surface area contributed by atoms with E-state index in [0.717, 1.165) is 27.7 Å². The van der Waals surface area contributed by atoms with Crippen LogP contribution in [0.15, 0.2) is 36.4 Å². The minimum absolute atomic E-state index is 0.166. The number of ether oxygens (including phenoxy) is 2. The molecule has 5 nitrogen and oxygen atoms in total. The highest BCUT2D eigenvalue weighted by molar-refractivity contribution is 6.32. The zero-order valence-corrected chi connectivity index (χ0v) is 16.5. The number of rotatable bonds is 5. The van der Waals surface area contributed by atoms with Gasteiger partial charge in [0.05, 0.1) is 36.9 Å². The molecular weight excluding hydrogens is 364 g/mol. The van der Waals surface area contributed by atoms with Crippen molar-refractivity contribution < 1.29 is 14.3 Å². The molecule has 0 spiro atoms. The zero-order valence-electron chi connectivity index (χ0n) is 15.7. The molecule has 1 amide bonds. The second-order valence-electron chi connectivity index (χ2n) is 6.23. The van der Waals surface area contributed by atoms with Crippen LogP contribution >= 0.6 is 11.6 Å². The lowest BCUT2D eigenvalue weighted by Crippen LogP contribution is -2.17. The van der Waals surface area contributed by atoms with Crippen molar-refractivity contribution in [2.24, 2.45) is 0 Å². The number of aromatic nitrogens is 1. The molecular formula is C21H21ClN2O3. The van der Waals surface area contributed by atoms with E-state index in [4.69, 9.17) is 21.1 Å². The predicted molar refractivity (Wildman–Crippen MR) is 108 cm³/mol. The summed E-state index contributed by atoms with van der Waals surface area (Å²) >= 11 is 6.12. The Bertz CT molecular complexity index is 1020. The van der Waals surface area contributed by atoms with Crippen LogP contribution in [0.1, 0.15) is 16.8 Å². The molecule has 6 heteroatoms. The molecule has 0 saturated heterocycles. The van der Waals surface area contributed by atoms with Crippen molar-refractivity contribution in [3.63, 3.8) is 0 Å². The van der Waals surface area contributed by atoms with Crippen molar-refractivity contribution in [2.45, 2.75) is 20.3 Å². The van der Waals surface area contributed by atoms with E-state index in [-0.39, 0.29) is 12.3 Å². The first-order valence-corrected chi connectivity index (χ1v) is 8.88. The van der Waals surface area contributed by atoms with E-state index in [1.54, 1.807) is 12.1 Å². The second-order valence-corrected chi connectivity index (χ2v) is 6.64. The van der Waals surface area contributed by atoms with Gasteiger partial charge in [-0.1, -0.05) is 29.8 Å². The highest BCUT2D eigenvalue weighted by Crippen LogP contribution is 2.36. The fourth-order valence-corrected chi connectivity index (χ4v) is 3.37. The fraction of sp³-hybridized carbons (Fsp3) is 0.238. The topological polar surface area (TPSA) is 60.5 Å². The summed E-state index contributed by atoms with van der Waals surface area (Å²) < 4.78 is 10.5. The van der Waals surface area contributed by atoms with Gasteiger partial charge in [0.2, 0.25) is 5.91 Å². The third-order valence-electron chi connectivity index (χ3n) is 4.57. The monoisotopic (exact) mass is 384 g/mol. The van der Waals surface area contributed by atoms with E-state index in [1.165, 1.54) is 14.2 Å². The molecule has 140 valence electrons. The third kappa shape index (κ3) is 3.83. The number of nitrogens with one attached hydrogen (secondary N) is 1. The SMILES string of the molecule is COc1cc(NC(=O)Cc2c(C)nc3ccccc3c2C)c(OC)cc1Cl. The van der Waals surface area contributed by atoms with Gasteiger partial charge < -0.3 is 14.8 Å². The fourth-order valence-electron chi connectivity index (χ4n) is 3.14. The molecule has 0 unspecified atom stereocenters. The van der Waals surface area contributed by atoms with Gasteiger partial charge in [-0.3, -0.25) is 9.78 Å². The van der Waals surface area contributed by atoms with Crippen LogP contribution in [-0.2, 0) is 11.2 Å². The molecule has 1 N–H and O–H groups in total. The Morgan fingerprint density at radius 2 is 1.81 bits per heavy atom. The number of hydrogen-bond acceptors (Lipinski definition) is 4. The third-order valence-corrected chi connectivity index (χ3v) is 4.87. The van der Waals surface area contributed by atoms with Gasteiger partial charge in [0, 0.05) is 23.2 Å². The number of methoxy groups -OCH3 is 2. The highest BCUT2D eigenvalue weighted by atomic mass is 35.5. The van der Waals surface area contributed by atoms with Gasteiger partial charge in [-0.25, -0.2) is 0 Å². The number of benzene rings is 2. The van der Waals surface area contributed by atoms with Gasteiger partial charge in [-0.15, -0.1) is 0 Å². The molecule has 1 aromatic heterocycles. The van der Waals surface area contributed by atoms with Gasteiger partial charge in [0.1, 0.15) is 11.5 Å². The van der Waals surface area contributed by atoms with Crippen molar-refractivity contribution in [1.29, 1.82) is 0 Å². The molecule has 3 aromatic rings. The summed E-state index contributed by atoms with van der Waals surface area (Å²) in [5.41, 5.74) is 4.27. The quantitative estimate of drug-likeness (QED) is 0.692. The summed E-state index contributed by atoms with van der Waals surface area (Å²) in [5, 5.41) is 4.35. The normalized spacial score (nSPS) is 10.7. The van der Waals surface area contributed by atoms with Gasteiger partial charge in [-0.05, 0) is 31.0 Å². The maximum atomic E-state index is 12.7. The number of halogens is 1. The van der Waals surface area contributed by atoms with Crippen LogP contribution in [0.25, 0.3) is 10.9 Å². The van der Waals surface area contributed by atoms with Gasteiger partial charge >= 0.3 is 0 Å². The van der Waals surface area contributed by atoms with Crippen LogP contribution in [0.2, 0.25) is 5.02 Å². The minimum Gasteiger partial charge on any atom is -0.495 e. The number of aryl methyl sites for hydroxylation is 2. The number of carbonyl (C=O) groups excluding carboxylic acids is 1. The molecule has 2 aromatic carbocycles.